The minimum absolute atomic E-state index is 0.431. The number of nitrogens with zero attached hydrogens (tertiary/aromatic N) is 3. The van der Waals surface area contributed by atoms with Crippen LogP contribution in [0.5, 0.6) is 0 Å². The Morgan fingerprint density at radius 3 is 2.67 bits per heavy atom. The van der Waals surface area contributed by atoms with Crippen LogP contribution in [0.2, 0.25) is 0 Å². The van der Waals surface area contributed by atoms with Crippen molar-refractivity contribution in [2.45, 2.75) is 33.1 Å². The van der Waals surface area contributed by atoms with Crippen LogP contribution in [0.4, 0.5) is 0 Å². The Morgan fingerprint density at radius 2 is 2.05 bits per heavy atom. The molecule has 0 aliphatic rings. The first-order valence-electron chi connectivity index (χ1n) is 7.67. The third-order valence-corrected chi connectivity index (χ3v) is 3.56. The van der Waals surface area contributed by atoms with E-state index in [9.17, 15) is 0 Å². The van der Waals surface area contributed by atoms with Crippen molar-refractivity contribution in [1.82, 2.24) is 20.3 Å². The molecule has 2 rings (SSSR count). The number of aromatic nitrogens is 3. The first-order valence-corrected chi connectivity index (χ1v) is 7.67. The van der Waals surface area contributed by atoms with Gasteiger partial charge in [0.15, 0.2) is 0 Å². The summed E-state index contributed by atoms with van der Waals surface area (Å²) in [6, 6.07) is 8.77. The van der Waals surface area contributed by atoms with Crippen molar-refractivity contribution in [2.75, 3.05) is 13.1 Å². The summed E-state index contributed by atoms with van der Waals surface area (Å²) in [4.78, 5) is 0. The summed E-state index contributed by atoms with van der Waals surface area (Å²) >= 11 is 0. The van der Waals surface area contributed by atoms with Gasteiger partial charge in [-0.2, -0.15) is 0 Å². The van der Waals surface area contributed by atoms with E-state index in [2.05, 4.69) is 60.7 Å². The number of hydrogen-bond acceptors (Lipinski definition) is 3. The molecule has 0 aliphatic carbocycles. The van der Waals surface area contributed by atoms with Crippen molar-refractivity contribution in [3.05, 3.63) is 47.3 Å². The van der Waals surface area contributed by atoms with E-state index in [4.69, 9.17) is 0 Å². The van der Waals surface area contributed by atoms with Crippen molar-refractivity contribution < 1.29 is 0 Å². The van der Waals surface area contributed by atoms with Gasteiger partial charge in [0.05, 0.1) is 5.69 Å². The maximum absolute atomic E-state index is 4.23. The van der Waals surface area contributed by atoms with Crippen molar-refractivity contribution >= 4 is 0 Å². The molecule has 0 saturated carbocycles. The van der Waals surface area contributed by atoms with Gasteiger partial charge in [-0.25, -0.2) is 0 Å². The molecule has 21 heavy (non-hydrogen) atoms. The van der Waals surface area contributed by atoms with E-state index in [0.29, 0.717) is 11.8 Å². The normalized spacial score (nSPS) is 12.8. The maximum atomic E-state index is 4.23. The molecule has 0 saturated heterocycles. The van der Waals surface area contributed by atoms with Crippen LogP contribution in [0.1, 0.15) is 36.6 Å². The first kappa shape index (κ1) is 15.7. The molecule has 1 aromatic heterocycles. The molecule has 0 aliphatic heterocycles. The molecule has 1 unspecified atom stereocenters. The third-order valence-electron chi connectivity index (χ3n) is 3.56. The predicted molar refractivity (Wildman–Crippen MR) is 86.3 cm³/mol. The Bertz CT molecular complexity index is 559. The number of benzene rings is 1. The van der Waals surface area contributed by atoms with Crippen LogP contribution in [0.25, 0.3) is 0 Å². The summed E-state index contributed by atoms with van der Waals surface area (Å²) in [7, 11) is 1.91. The summed E-state index contributed by atoms with van der Waals surface area (Å²) in [5, 5.41) is 11.8. The van der Waals surface area contributed by atoms with Gasteiger partial charge in [0.2, 0.25) is 0 Å². The van der Waals surface area contributed by atoms with Crippen LogP contribution in [0.3, 0.4) is 0 Å². The minimum atomic E-state index is 0.431. The Labute approximate surface area is 127 Å². The van der Waals surface area contributed by atoms with Crippen molar-refractivity contribution in [2.24, 2.45) is 13.0 Å². The highest BCUT2D eigenvalue weighted by molar-refractivity contribution is 5.26. The van der Waals surface area contributed by atoms with Crippen LogP contribution in [0, 0.1) is 12.8 Å². The van der Waals surface area contributed by atoms with Gasteiger partial charge in [0.25, 0.3) is 0 Å². The quantitative estimate of drug-likeness (QED) is 0.851. The minimum Gasteiger partial charge on any atom is -0.316 e. The molecule has 0 amide bonds. The average molecular weight is 286 g/mol. The van der Waals surface area contributed by atoms with E-state index in [0.717, 1.165) is 25.2 Å². The highest BCUT2D eigenvalue weighted by atomic mass is 15.4. The lowest BCUT2D eigenvalue weighted by Crippen LogP contribution is -2.26. The van der Waals surface area contributed by atoms with Crippen LogP contribution < -0.4 is 5.32 Å². The van der Waals surface area contributed by atoms with Crippen LogP contribution in [0.15, 0.2) is 30.5 Å². The molecule has 2 aromatic rings. The third kappa shape index (κ3) is 4.97. The highest BCUT2D eigenvalue weighted by Gasteiger charge is 2.14. The second kappa shape index (κ2) is 7.36. The second-order valence-corrected chi connectivity index (χ2v) is 6.25. The van der Waals surface area contributed by atoms with Gasteiger partial charge in [0, 0.05) is 32.1 Å². The van der Waals surface area contributed by atoms with E-state index < -0.39 is 0 Å². The average Bonchev–Trinajstić information content (AvgIpc) is 2.83. The molecule has 1 heterocycles. The smallest absolute Gasteiger partial charge is 0.0833 e. The lowest BCUT2D eigenvalue weighted by Gasteiger charge is -2.18. The zero-order chi connectivity index (χ0) is 15.2. The Hall–Kier alpha value is -1.68. The number of aryl methyl sites for hydroxylation is 2. The largest absolute Gasteiger partial charge is 0.316 e. The van der Waals surface area contributed by atoms with Gasteiger partial charge in [-0.05, 0) is 24.9 Å². The van der Waals surface area contributed by atoms with Gasteiger partial charge in [-0.3, -0.25) is 4.68 Å². The summed E-state index contributed by atoms with van der Waals surface area (Å²) in [5.41, 5.74) is 3.73. The molecule has 0 bridgehead atoms. The summed E-state index contributed by atoms with van der Waals surface area (Å²) in [6.45, 7) is 8.63. The molecule has 1 atom stereocenters. The number of hydrogen-bond donors (Lipinski definition) is 1. The fourth-order valence-corrected chi connectivity index (χ4v) is 2.52. The number of rotatable bonds is 7. The monoisotopic (exact) mass is 286 g/mol. The van der Waals surface area contributed by atoms with Gasteiger partial charge in [-0.1, -0.05) is 48.9 Å². The molecule has 114 valence electrons. The van der Waals surface area contributed by atoms with Gasteiger partial charge in [0.1, 0.15) is 0 Å². The van der Waals surface area contributed by atoms with Gasteiger partial charge in [-0.15, -0.1) is 5.10 Å². The molecular weight excluding hydrogens is 260 g/mol. The Balaban J connectivity index is 2.09. The second-order valence-electron chi connectivity index (χ2n) is 6.25. The van der Waals surface area contributed by atoms with Crippen LogP contribution >= 0.6 is 0 Å². The topological polar surface area (TPSA) is 42.7 Å². The SMILES string of the molecule is Cc1cccc(C(CNCC(C)C)Cc2cn(C)nn2)c1. The maximum Gasteiger partial charge on any atom is 0.0833 e. The standard InChI is InChI=1S/C17H26N4/c1-13(2)10-18-11-16(9-17-12-21(4)20-19-17)15-7-5-6-14(3)8-15/h5-8,12-13,16,18H,9-11H2,1-4H3. The fraction of sp³-hybridized carbons (Fsp3) is 0.529. The zero-order valence-electron chi connectivity index (χ0n) is 13.5. The molecule has 0 spiro atoms. The molecule has 0 radical (unpaired) electrons. The van der Waals surface area contributed by atoms with E-state index in [1.807, 2.05) is 13.2 Å². The van der Waals surface area contributed by atoms with E-state index >= 15 is 0 Å². The summed E-state index contributed by atoms with van der Waals surface area (Å²) < 4.78 is 1.77. The van der Waals surface area contributed by atoms with Gasteiger partial charge < -0.3 is 5.32 Å². The Kier molecular flexibility index (Phi) is 5.51. The van der Waals surface area contributed by atoms with E-state index in [-0.39, 0.29) is 0 Å². The first-order chi connectivity index (χ1) is 10.0. The van der Waals surface area contributed by atoms with Crippen molar-refractivity contribution in [3.63, 3.8) is 0 Å². The lowest BCUT2D eigenvalue weighted by atomic mass is 9.93. The van der Waals surface area contributed by atoms with Crippen molar-refractivity contribution in [1.29, 1.82) is 0 Å². The molecule has 1 N–H and O–H groups in total. The highest BCUT2D eigenvalue weighted by Crippen LogP contribution is 2.20. The fourth-order valence-electron chi connectivity index (χ4n) is 2.52. The lowest BCUT2D eigenvalue weighted by molar-refractivity contribution is 0.512. The predicted octanol–water partition coefficient (Wildman–Crippen LogP) is 2.70. The molecule has 4 nitrogen and oxygen atoms in total. The zero-order valence-corrected chi connectivity index (χ0v) is 13.5. The van der Waals surface area contributed by atoms with Crippen LogP contribution in [-0.2, 0) is 13.5 Å². The number of nitrogens with one attached hydrogen (secondary N) is 1. The summed E-state index contributed by atoms with van der Waals surface area (Å²) in [6.07, 6.45) is 2.92. The van der Waals surface area contributed by atoms with E-state index in [1.165, 1.54) is 11.1 Å². The molecule has 4 heteroatoms. The van der Waals surface area contributed by atoms with Gasteiger partial charge >= 0.3 is 0 Å². The van der Waals surface area contributed by atoms with Crippen LogP contribution in [-0.4, -0.2) is 28.1 Å². The Morgan fingerprint density at radius 1 is 1.24 bits per heavy atom. The van der Waals surface area contributed by atoms with E-state index in [1.54, 1.807) is 4.68 Å². The molecular formula is C17H26N4. The van der Waals surface area contributed by atoms with Crippen molar-refractivity contribution in [3.8, 4) is 0 Å². The molecule has 1 aromatic carbocycles. The summed E-state index contributed by atoms with van der Waals surface area (Å²) in [5.74, 6) is 1.10. The molecule has 0 fully saturated rings.